The van der Waals surface area contributed by atoms with E-state index in [9.17, 15) is 4.79 Å². The van der Waals surface area contributed by atoms with Gasteiger partial charge in [0.2, 0.25) is 0 Å². The highest BCUT2D eigenvalue weighted by Crippen LogP contribution is 2.11. The zero-order chi connectivity index (χ0) is 12.0. The molecule has 1 aromatic rings. The van der Waals surface area contributed by atoms with Crippen molar-refractivity contribution in [3.63, 3.8) is 0 Å². The van der Waals surface area contributed by atoms with E-state index >= 15 is 0 Å². The highest BCUT2D eigenvalue weighted by molar-refractivity contribution is 7.99. The zero-order valence-electron chi connectivity index (χ0n) is 9.77. The summed E-state index contributed by atoms with van der Waals surface area (Å²) in [6, 6.07) is 7.64. The number of aliphatic hydroxyl groups is 1. The molecule has 2 nitrogen and oxygen atoms in total. The lowest BCUT2D eigenvalue weighted by molar-refractivity contribution is 0.102. The van der Waals surface area contributed by atoms with Crippen molar-refractivity contribution in [2.45, 2.75) is 13.8 Å². The third-order valence-electron chi connectivity index (χ3n) is 2.32. The molecule has 3 heteroatoms. The van der Waals surface area contributed by atoms with Gasteiger partial charge in [-0.15, -0.1) is 0 Å². The minimum atomic E-state index is 0.162. The molecule has 0 aliphatic rings. The lowest BCUT2D eigenvalue weighted by atomic mass is 10.1. The van der Waals surface area contributed by atoms with E-state index < -0.39 is 0 Å². The van der Waals surface area contributed by atoms with E-state index in [-0.39, 0.29) is 18.3 Å². The fourth-order valence-electron chi connectivity index (χ4n) is 1.23. The standard InChI is InChI=1S/C13H18O2S/c1-10-3-5-12(6-4-10)13(15)9-16-8-11(2)7-14/h3-6,11,14H,7-9H2,1-2H3. The number of rotatable bonds is 6. The van der Waals surface area contributed by atoms with Gasteiger partial charge < -0.3 is 5.11 Å². The lowest BCUT2D eigenvalue weighted by Crippen LogP contribution is -2.08. The Kier molecular flexibility index (Phi) is 5.56. The first kappa shape index (κ1) is 13.3. The van der Waals surface area contributed by atoms with Gasteiger partial charge in [-0.25, -0.2) is 0 Å². The highest BCUT2D eigenvalue weighted by atomic mass is 32.2. The summed E-state index contributed by atoms with van der Waals surface area (Å²) < 4.78 is 0. The molecule has 88 valence electrons. The average Bonchev–Trinajstić information content (AvgIpc) is 2.29. The summed E-state index contributed by atoms with van der Waals surface area (Å²) in [5.74, 6) is 1.74. The fourth-order valence-corrected chi connectivity index (χ4v) is 2.21. The Morgan fingerprint density at radius 3 is 2.56 bits per heavy atom. The summed E-state index contributed by atoms with van der Waals surface area (Å²) in [6.07, 6.45) is 0. The van der Waals surface area contributed by atoms with Gasteiger partial charge in [-0.3, -0.25) is 4.79 Å². The molecule has 0 heterocycles. The first-order valence-electron chi connectivity index (χ1n) is 5.42. The van der Waals surface area contributed by atoms with Crippen LogP contribution in [0.2, 0.25) is 0 Å². The van der Waals surface area contributed by atoms with Crippen LogP contribution in [0.25, 0.3) is 0 Å². The number of thioether (sulfide) groups is 1. The number of aliphatic hydroxyl groups excluding tert-OH is 1. The Morgan fingerprint density at radius 2 is 2.00 bits per heavy atom. The van der Waals surface area contributed by atoms with Crippen LogP contribution in [0.5, 0.6) is 0 Å². The zero-order valence-corrected chi connectivity index (χ0v) is 10.6. The third kappa shape index (κ3) is 4.37. The van der Waals surface area contributed by atoms with Gasteiger partial charge in [-0.1, -0.05) is 36.8 Å². The van der Waals surface area contributed by atoms with Crippen LogP contribution in [0.1, 0.15) is 22.8 Å². The largest absolute Gasteiger partial charge is 0.396 e. The van der Waals surface area contributed by atoms with Crippen LogP contribution in [0.4, 0.5) is 0 Å². The molecule has 0 aliphatic carbocycles. The Balaban J connectivity index is 2.38. The molecule has 16 heavy (non-hydrogen) atoms. The smallest absolute Gasteiger partial charge is 0.172 e. The van der Waals surface area contributed by atoms with Gasteiger partial charge >= 0.3 is 0 Å². The van der Waals surface area contributed by atoms with Crippen molar-refractivity contribution < 1.29 is 9.90 Å². The van der Waals surface area contributed by atoms with Gasteiger partial charge in [0, 0.05) is 12.2 Å². The molecule has 0 aromatic heterocycles. The van der Waals surface area contributed by atoms with Crippen molar-refractivity contribution in [2.24, 2.45) is 5.92 Å². The van der Waals surface area contributed by atoms with Crippen molar-refractivity contribution in [3.05, 3.63) is 35.4 Å². The summed E-state index contributed by atoms with van der Waals surface area (Å²) in [5, 5.41) is 8.85. The lowest BCUT2D eigenvalue weighted by Gasteiger charge is -2.06. The molecule has 1 atom stereocenters. The molecule has 1 aromatic carbocycles. The van der Waals surface area contributed by atoms with Gasteiger partial charge in [0.05, 0.1) is 5.75 Å². The van der Waals surface area contributed by atoms with Gasteiger partial charge in [-0.2, -0.15) is 11.8 Å². The Morgan fingerprint density at radius 1 is 1.38 bits per heavy atom. The van der Waals surface area contributed by atoms with Crippen molar-refractivity contribution in [2.75, 3.05) is 18.1 Å². The average molecular weight is 238 g/mol. The summed E-state index contributed by atoms with van der Waals surface area (Å²) in [6.45, 7) is 4.17. The Hall–Kier alpha value is -0.800. The summed E-state index contributed by atoms with van der Waals surface area (Å²) in [4.78, 5) is 11.7. The maximum Gasteiger partial charge on any atom is 0.172 e. The molecule has 0 spiro atoms. The minimum absolute atomic E-state index is 0.162. The van der Waals surface area contributed by atoms with Crippen LogP contribution >= 0.6 is 11.8 Å². The molecule has 0 aliphatic heterocycles. The number of hydrogen-bond donors (Lipinski definition) is 1. The number of aryl methyl sites for hydroxylation is 1. The number of carbonyl (C=O) groups is 1. The van der Waals surface area contributed by atoms with Crippen LogP contribution in [-0.2, 0) is 0 Å². The molecule has 0 saturated carbocycles. The molecule has 1 rings (SSSR count). The number of hydrogen-bond acceptors (Lipinski definition) is 3. The Labute approximate surface area is 101 Å². The first-order chi connectivity index (χ1) is 7.63. The van der Waals surface area contributed by atoms with Crippen LogP contribution in [0, 0.1) is 12.8 Å². The van der Waals surface area contributed by atoms with E-state index in [2.05, 4.69) is 0 Å². The SMILES string of the molecule is Cc1ccc(C(=O)CSCC(C)CO)cc1. The quantitative estimate of drug-likeness (QED) is 0.774. The molecule has 0 fully saturated rings. The molecule has 0 amide bonds. The number of Topliss-reactive ketones (excluding diaryl/α,β-unsaturated/α-hetero) is 1. The molecule has 0 saturated heterocycles. The predicted octanol–water partition coefficient (Wildman–Crippen LogP) is 2.54. The van der Waals surface area contributed by atoms with E-state index in [0.29, 0.717) is 5.75 Å². The van der Waals surface area contributed by atoms with Gasteiger partial charge in [0.1, 0.15) is 0 Å². The van der Waals surface area contributed by atoms with Crippen LogP contribution in [0.15, 0.2) is 24.3 Å². The topological polar surface area (TPSA) is 37.3 Å². The number of benzene rings is 1. The number of carbonyl (C=O) groups excluding carboxylic acids is 1. The summed E-state index contributed by atoms with van der Waals surface area (Å²) >= 11 is 1.58. The maximum atomic E-state index is 11.7. The van der Waals surface area contributed by atoms with Crippen LogP contribution in [0.3, 0.4) is 0 Å². The molecular formula is C13H18O2S. The molecule has 0 bridgehead atoms. The van der Waals surface area contributed by atoms with E-state index in [4.69, 9.17) is 5.11 Å². The van der Waals surface area contributed by atoms with Crippen molar-refractivity contribution in [1.82, 2.24) is 0 Å². The van der Waals surface area contributed by atoms with Gasteiger partial charge in [0.15, 0.2) is 5.78 Å². The van der Waals surface area contributed by atoms with Gasteiger partial charge in [-0.05, 0) is 18.6 Å². The molecule has 0 radical (unpaired) electrons. The van der Waals surface area contributed by atoms with Crippen LogP contribution in [-0.4, -0.2) is 29.0 Å². The second kappa shape index (κ2) is 6.71. The molecule has 1 unspecified atom stereocenters. The van der Waals surface area contributed by atoms with E-state index in [1.165, 1.54) is 0 Å². The second-order valence-electron chi connectivity index (χ2n) is 4.09. The minimum Gasteiger partial charge on any atom is -0.396 e. The van der Waals surface area contributed by atoms with E-state index in [0.717, 1.165) is 16.9 Å². The third-order valence-corrected chi connectivity index (χ3v) is 3.59. The summed E-state index contributed by atoms with van der Waals surface area (Å²) in [5.41, 5.74) is 1.94. The van der Waals surface area contributed by atoms with Crippen molar-refractivity contribution in [3.8, 4) is 0 Å². The molecule has 1 N–H and O–H groups in total. The monoisotopic (exact) mass is 238 g/mol. The van der Waals surface area contributed by atoms with Gasteiger partial charge in [0.25, 0.3) is 0 Å². The normalized spacial score (nSPS) is 12.4. The fraction of sp³-hybridized carbons (Fsp3) is 0.462. The summed E-state index contributed by atoms with van der Waals surface area (Å²) in [7, 11) is 0. The van der Waals surface area contributed by atoms with Crippen LogP contribution < -0.4 is 0 Å². The number of ketones is 1. The maximum absolute atomic E-state index is 11.7. The Bertz CT molecular complexity index is 332. The second-order valence-corrected chi connectivity index (χ2v) is 5.12. The predicted molar refractivity (Wildman–Crippen MR) is 69.1 cm³/mol. The van der Waals surface area contributed by atoms with E-state index in [1.807, 2.05) is 38.1 Å². The van der Waals surface area contributed by atoms with Crippen molar-refractivity contribution in [1.29, 1.82) is 0 Å². The van der Waals surface area contributed by atoms with Crippen molar-refractivity contribution >= 4 is 17.5 Å². The first-order valence-corrected chi connectivity index (χ1v) is 6.57. The highest BCUT2D eigenvalue weighted by Gasteiger charge is 2.07. The van der Waals surface area contributed by atoms with E-state index in [1.54, 1.807) is 11.8 Å². The molecular weight excluding hydrogens is 220 g/mol.